The molecule has 2 aliphatic rings. The van der Waals surface area contributed by atoms with E-state index in [1.807, 2.05) is 19.6 Å². The van der Waals surface area contributed by atoms with Crippen molar-refractivity contribution in [2.45, 2.75) is 57.7 Å². The standard InChI is InChI=1S/C16H36O6Si4/c1-17-24(7,8)21-26(20-23(4,5)6,22-25(9,18-2)19-3)16-13-14-10-11-15(16)12-14/h10-11,14-16H,12-13H2,1-9H3. The molecule has 2 aliphatic carbocycles. The number of hydrogen-bond acceptors (Lipinski definition) is 6. The van der Waals surface area contributed by atoms with E-state index in [0.29, 0.717) is 11.8 Å². The van der Waals surface area contributed by atoms with E-state index < -0.39 is 34.5 Å². The van der Waals surface area contributed by atoms with Crippen LogP contribution < -0.4 is 0 Å². The maximum absolute atomic E-state index is 6.83. The van der Waals surface area contributed by atoms with Crippen molar-refractivity contribution in [2.24, 2.45) is 11.8 Å². The third-order valence-electron chi connectivity index (χ3n) is 5.13. The van der Waals surface area contributed by atoms with E-state index in [4.69, 9.17) is 25.6 Å². The fourth-order valence-corrected chi connectivity index (χ4v) is 17.9. The summed E-state index contributed by atoms with van der Waals surface area (Å²) in [5, 5.41) is 0. The highest BCUT2D eigenvalue weighted by molar-refractivity contribution is 6.88. The molecule has 26 heavy (non-hydrogen) atoms. The van der Waals surface area contributed by atoms with Crippen molar-refractivity contribution in [1.29, 1.82) is 0 Å². The van der Waals surface area contributed by atoms with E-state index in [1.54, 1.807) is 21.3 Å². The first-order valence-corrected chi connectivity index (χ1v) is 19.6. The lowest BCUT2D eigenvalue weighted by molar-refractivity contribution is 0.109. The van der Waals surface area contributed by atoms with Crippen molar-refractivity contribution in [3.05, 3.63) is 12.2 Å². The highest BCUT2D eigenvalue weighted by Gasteiger charge is 2.63. The average Bonchev–Trinajstić information content (AvgIpc) is 3.16. The normalized spacial score (nSPS) is 28.6. The van der Waals surface area contributed by atoms with Crippen LogP contribution in [0.5, 0.6) is 0 Å². The molecule has 1 fully saturated rings. The maximum Gasteiger partial charge on any atom is 0.489 e. The molecule has 0 aromatic heterocycles. The van der Waals surface area contributed by atoms with Gasteiger partial charge in [-0.15, -0.1) is 0 Å². The summed E-state index contributed by atoms with van der Waals surface area (Å²) in [7, 11) is -5.37. The molecule has 4 atom stereocenters. The first kappa shape index (κ1) is 22.7. The molecule has 0 aliphatic heterocycles. The van der Waals surface area contributed by atoms with E-state index in [0.717, 1.165) is 12.8 Å². The van der Waals surface area contributed by atoms with E-state index in [2.05, 4.69) is 31.8 Å². The molecule has 2 rings (SSSR count). The zero-order valence-electron chi connectivity index (χ0n) is 17.8. The molecule has 0 amide bonds. The highest BCUT2D eigenvalue weighted by atomic mass is 28.5. The Morgan fingerprint density at radius 3 is 1.73 bits per heavy atom. The Bertz CT molecular complexity index is 519. The van der Waals surface area contributed by atoms with Gasteiger partial charge in [-0.05, 0) is 57.4 Å². The smallest absolute Gasteiger partial charge is 0.417 e. The van der Waals surface area contributed by atoms with Crippen molar-refractivity contribution < 1.29 is 25.6 Å². The Hall–Kier alpha value is 0.368. The predicted molar refractivity (Wildman–Crippen MR) is 112 cm³/mol. The number of hydrogen-bond donors (Lipinski definition) is 0. The van der Waals surface area contributed by atoms with Crippen LogP contribution in [0.25, 0.3) is 0 Å². The Morgan fingerprint density at radius 1 is 0.731 bits per heavy atom. The van der Waals surface area contributed by atoms with Crippen LogP contribution in [0, 0.1) is 11.8 Å². The average molecular weight is 437 g/mol. The van der Waals surface area contributed by atoms with Gasteiger partial charge in [-0.2, -0.15) is 0 Å². The molecule has 0 aromatic rings. The molecule has 1 saturated carbocycles. The van der Waals surface area contributed by atoms with Crippen LogP contribution >= 0.6 is 0 Å². The van der Waals surface area contributed by atoms with Gasteiger partial charge in [0, 0.05) is 33.4 Å². The van der Waals surface area contributed by atoms with Gasteiger partial charge in [0.25, 0.3) is 0 Å². The Balaban J connectivity index is 2.48. The van der Waals surface area contributed by atoms with Crippen LogP contribution in [0.2, 0.25) is 44.8 Å². The number of rotatable bonds is 10. The molecule has 0 N–H and O–H groups in total. The van der Waals surface area contributed by atoms with Crippen molar-refractivity contribution in [1.82, 2.24) is 0 Å². The molecular formula is C16H36O6Si4. The second-order valence-corrected chi connectivity index (χ2v) is 23.2. The van der Waals surface area contributed by atoms with Crippen molar-refractivity contribution in [3.8, 4) is 0 Å². The molecule has 0 heterocycles. The minimum Gasteiger partial charge on any atom is -0.417 e. The molecule has 2 bridgehead atoms. The molecule has 0 spiro atoms. The van der Waals surface area contributed by atoms with Gasteiger partial charge in [0.2, 0.25) is 0 Å². The van der Waals surface area contributed by atoms with Gasteiger partial charge < -0.3 is 25.6 Å². The lowest BCUT2D eigenvalue weighted by atomic mass is 10.1. The summed E-state index contributed by atoms with van der Waals surface area (Å²) in [5.41, 5.74) is 0.239. The predicted octanol–water partition coefficient (Wildman–Crippen LogP) is 3.99. The van der Waals surface area contributed by atoms with Crippen LogP contribution in [-0.4, -0.2) is 55.8 Å². The van der Waals surface area contributed by atoms with Gasteiger partial charge in [-0.25, -0.2) is 0 Å². The monoisotopic (exact) mass is 436 g/mol. The van der Waals surface area contributed by atoms with Gasteiger partial charge >= 0.3 is 26.2 Å². The molecule has 0 radical (unpaired) electrons. The molecule has 152 valence electrons. The fraction of sp³-hybridized carbons (Fsp3) is 0.875. The minimum absolute atomic E-state index is 0.239. The van der Waals surface area contributed by atoms with Crippen molar-refractivity contribution in [2.75, 3.05) is 21.3 Å². The fourth-order valence-electron chi connectivity index (χ4n) is 3.71. The lowest BCUT2D eigenvalue weighted by Crippen LogP contribution is -2.66. The zero-order valence-corrected chi connectivity index (χ0v) is 21.8. The summed E-state index contributed by atoms with van der Waals surface area (Å²) in [6.45, 7) is 12.6. The molecule has 4 unspecified atom stereocenters. The minimum atomic E-state index is -3.13. The first-order chi connectivity index (χ1) is 11.9. The highest BCUT2D eigenvalue weighted by Crippen LogP contribution is 2.54. The van der Waals surface area contributed by atoms with Crippen LogP contribution in [-0.2, 0) is 25.6 Å². The molecular weight excluding hydrogens is 401 g/mol. The van der Waals surface area contributed by atoms with Crippen molar-refractivity contribution >= 4 is 34.5 Å². The summed E-state index contributed by atoms with van der Waals surface area (Å²) < 4.78 is 37.4. The number of allylic oxidation sites excluding steroid dienone is 2. The Labute approximate surface area is 163 Å². The quantitative estimate of drug-likeness (QED) is 0.381. The van der Waals surface area contributed by atoms with Crippen LogP contribution in [0.3, 0.4) is 0 Å². The van der Waals surface area contributed by atoms with Gasteiger partial charge in [0.15, 0.2) is 8.32 Å². The lowest BCUT2D eigenvalue weighted by Gasteiger charge is -2.46. The molecule has 10 heteroatoms. The van der Waals surface area contributed by atoms with E-state index in [1.165, 1.54) is 0 Å². The number of fused-ring (bicyclic) bond motifs is 2. The summed E-state index contributed by atoms with van der Waals surface area (Å²) in [6, 6.07) is 0. The molecule has 0 aromatic carbocycles. The van der Waals surface area contributed by atoms with Gasteiger partial charge in [-0.3, -0.25) is 0 Å². The summed E-state index contributed by atoms with van der Waals surface area (Å²) in [6.07, 6.45) is 6.86. The summed E-state index contributed by atoms with van der Waals surface area (Å²) in [4.78, 5) is 0. The third-order valence-corrected chi connectivity index (χ3v) is 18.5. The Morgan fingerprint density at radius 2 is 1.35 bits per heavy atom. The van der Waals surface area contributed by atoms with Crippen LogP contribution in [0.4, 0.5) is 0 Å². The van der Waals surface area contributed by atoms with Crippen LogP contribution in [0.1, 0.15) is 12.8 Å². The molecule has 0 saturated heterocycles. The largest absolute Gasteiger partial charge is 0.489 e. The summed E-state index contributed by atoms with van der Waals surface area (Å²) in [5.74, 6) is 1.04. The van der Waals surface area contributed by atoms with Gasteiger partial charge in [-0.1, -0.05) is 12.2 Å². The first-order valence-electron chi connectivity index (χ1n) is 9.32. The van der Waals surface area contributed by atoms with Gasteiger partial charge in [0.05, 0.1) is 0 Å². The maximum atomic E-state index is 6.83. The zero-order chi connectivity index (χ0) is 19.8. The third kappa shape index (κ3) is 5.24. The molecule has 6 nitrogen and oxygen atoms in total. The van der Waals surface area contributed by atoms with E-state index in [9.17, 15) is 0 Å². The second-order valence-electron chi connectivity index (χ2n) is 8.78. The van der Waals surface area contributed by atoms with Crippen LogP contribution in [0.15, 0.2) is 12.2 Å². The second kappa shape index (κ2) is 8.01. The van der Waals surface area contributed by atoms with E-state index >= 15 is 0 Å². The SMILES string of the molecule is CO[Si](C)(C)O[Si](O[Si](C)(C)C)(O[Si](C)(OC)OC)C1CC2C=CC1C2. The van der Waals surface area contributed by atoms with Gasteiger partial charge in [0.1, 0.15) is 0 Å². The van der Waals surface area contributed by atoms with Crippen molar-refractivity contribution in [3.63, 3.8) is 0 Å². The van der Waals surface area contributed by atoms with E-state index in [-0.39, 0.29) is 5.54 Å². The summed E-state index contributed by atoms with van der Waals surface area (Å²) >= 11 is 0. The Kier molecular flexibility index (Phi) is 6.98. The topological polar surface area (TPSA) is 55.4 Å².